The number of nitrogens with one attached hydrogen (secondary N) is 2. The molecule has 8 heteroatoms. The second-order valence-corrected chi connectivity index (χ2v) is 9.44. The van der Waals surface area contributed by atoms with Gasteiger partial charge in [0.15, 0.2) is 11.0 Å². The van der Waals surface area contributed by atoms with E-state index in [0.717, 1.165) is 46.8 Å². The van der Waals surface area contributed by atoms with Gasteiger partial charge in [0.2, 0.25) is 5.91 Å². The maximum atomic E-state index is 12.1. The molecule has 26 heavy (non-hydrogen) atoms. The molecule has 1 aliphatic heterocycles. The Kier molecular flexibility index (Phi) is 4.83. The van der Waals surface area contributed by atoms with Crippen molar-refractivity contribution in [2.24, 2.45) is 5.92 Å². The van der Waals surface area contributed by atoms with Crippen molar-refractivity contribution in [2.45, 2.75) is 63.8 Å². The van der Waals surface area contributed by atoms with Gasteiger partial charge in [0.1, 0.15) is 4.83 Å². The highest BCUT2D eigenvalue weighted by Crippen LogP contribution is 2.42. The number of nitrogens with zero attached hydrogens (tertiary/aromatic N) is 2. The molecule has 6 nitrogen and oxygen atoms in total. The van der Waals surface area contributed by atoms with Crippen LogP contribution in [0.2, 0.25) is 0 Å². The molecule has 2 N–H and O–H groups in total. The molecule has 1 amide bonds. The van der Waals surface area contributed by atoms with E-state index in [1.54, 1.807) is 23.1 Å². The monoisotopic (exact) mass is 392 g/mol. The number of thiophene rings is 1. The van der Waals surface area contributed by atoms with E-state index in [-0.39, 0.29) is 17.4 Å². The van der Waals surface area contributed by atoms with Crippen LogP contribution in [0, 0.1) is 5.92 Å². The molecule has 2 aliphatic rings. The average molecular weight is 393 g/mol. The molecular weight excluding hydrogens is 368 g/mol. The maximum Gasteiger partial charge on any atom is 0.241 e. The van der Waals surface area contributed by atoms with Crippen LogP contribution in [-0.2, 0) is 22.6 Å². The second-order valence-electron chi connectivity index (χ2n) is 7.13. The molecule has 0 aromatic carbocycles. The minimum atomic E-state index is -0.160. The average Bonchev–Trinajstić information content (AvgIpc) is 3.42. The van der Waals surface area contributed by atoms with Gasteiger partial charge in [-0.25, -0.2) is 9.97 Å². The van der Waals surface area contributed by atoms with Gasteiger partial charge in [-0.1, -0.05) is 25.6 Å². The molecular formula is C18H24N4O2S2. The summed E-state index contributed by atoms with van der Waals surface area (Å²) in [5.41, 5.74) is 7.03. The molecule has 1 unspecified atom stereocenters. The number of carbonyl (C=O) groups is 1. The highest BCUT2D eigenvalue weighted by molar-refractivity contribution is 7.99. The first-order valence-electron chi connectivity index (χ1n) is 9.18. The first kappa shape index (κ1) is 18.0. The number of hydrogen-bond acceptors (Lipinski definition) is 7. The van der Waals surface area contributed by atoms with Crippen molar-refractivity contribution in [2.75, 3.05) is 11.2 Å². The number of ether oxygens (including phenoxy) is 1. The lowest BCUT2D eigenvalue weighted by Gasteiger charge is -2.33. The first-order valence-corrected chi connectivity index (χ1v) is 11.0. The summed E-state index contributed by atoms with van der Waals surface area (Å²) in [6.45, 7) is 7.01. The van der Waals surface area contributed by atoms with Gasteiger partial charge in [-0.3, -0.25) is 15.6 Å². The van der Waals surface area contributed by atoms with Crippen molar-refractivity contribution < 1.29 is 9.53 Å². The number of anilines is 1. The zero-order valence-electron chi connectivity index (χ0n) is 15.3. The standard InChI is InChI=1S/C18H24N4O2S2/c1-4-18(3)8-11-12(9-24-18)26-16-13(11)14(19-17(20-16)25-5-2)21-22-15(23)10-6-7-10/h10H,4-9H2,1-3H3,(H,22,23)(H,19,20,21). The second kappa shape index (κ2) is 6.98. The fourth-order valence-corrected chi connectivity index (χ4v) is 4.86. The van der Waals surface area contributed by atoms with Gasteiger partial charge in [-0.2, -0.15) is 0 Å². The Balaban J connectivity index is 1.73. The van der Waals surface area contributed by atoms with E-state index in [2.05, 4.69) is 36.6 Å². The topological polar surface area (TPSA) is 76.1 Å². The summed E-state index contributed by atoms with van der Waals surface area (Å²) in [4.78, 5) is 23.7. The summed E-state index contributed by atoms with van der Waals surface area (Å²) >= 11 is 3.28. The summed E-state index contributed by atoms with van der Waals surface area (Å²) in [5, 5.41) is 1.77. The first-order chi connectivity index (χ1) is 12.5. The Labute approximate surface area is 161 Å². The quantitative estimate of drug-likeness (QED) is 0.441. The van der Waals surface area contributed by atoms with Gasteiger partial charge in [0.25, 0.3) is 0 Å². The fourth-order valence-electron chi connectivity index (χ4n) is 3.13. The molecule has 2 aromatic heterocycles. The molecule has 0 saturated heterocycles. The van der Waals surface area contributed by atoms with Crippen LogP contribution in [0.3, 0.4) is 0 Å². The molecule has 2 aromatic rings. The number of amides is 1. The van der Waals surface area contributed by atoms with Gasteiger partial charge in [-0.05, 0) is 37.5 Å². The van der Waals surface area contributed by atoms with Crippen molar-refractivity contribution >= 4 is 45.0 Å². The highest BCUT2D eigenvalue weighted by Gasteiger charge is 2.34. The molecule has 4 rings (SSSR count). The summed E-state index contributed by atoms with van der Waals surface area (Å²) in [7, 11) is 0. The van der Waals surface area contributed by atoms with Gasteiger partial charge < -0.3 is 4.74 Å². The van der Waals surface area contributed by atoms with Gasteiger partial charge in [0.05, 0.1) is 17.6 Å². The minimum absolute atomic E-state index is 0.0484. The third-order valence-electron chi connectivity index (χ3n) is 5.09. The Morgan fingerprint density at radius 2 is 2.19 bits per heavy atom. The van der Waals surface area contributed by atoms with Crippen LogP contribution in [0.1, 0.15) is 50.5 Å². The van der Waals surface area contributed by atoms with Gasteiger partial charge in [0, 0.05) is 17.2 Å². The van der Waals surface area contributed by atoms with Gasteiger partial charge >= 0.3 is 0 Å². The van der Waals surface area contributed by atoms with Crippen LogP contribution < -0.4 is 10.9 Å². The van der Waals surface area contributed by atoms with Crippen LogP contribution in [0.15, 0.2) is 5.16 Å². The smallest absolute Gasteiger partial charge is 0.241 e. The summed E-state index contributed by atoms with van der Waals surface area (Å²) < 4.78 is 6.09. The van der Waals surface area contributed by atoms with E-state index in [0.29, 0.717) is 12.4 Å². The lowest BCUT2D eigenvalue weighted by Crippen LogP contribution is -2.34. The Morgan fingerprint density at radius 1 is 1.38 bits per heavy atom. The van der Waals surface area contributed by atoms with Crippen molar-refractivity contribution in [3.8, 4) is 0 Å². The number of hydrazine groups is 1. The predicted molar refractivity (Wildman–Crippen MR) is 105 cm³/mol. The molecule has 140 valence electrons. The fraction of sp³-hybridized carbons (Fsp3) is 0.611. The third-order valence-corrected chi connectivity index (χ3v) is 6.92. The van der Waals surface area contributed by atoms with E-state index in [4.69, 9.17) is 9.72 Å². The summed E-state index contributed by atoms with van der Waals surface area (Å²) in [5.74, 6) is 1.81. The zero-order valence-corrected chi connectivity index (χ0v) is 17.0. The number of rotatable bonds is 6. The van der Waals surface area contributed by atoms with E-state index in [1.165, 1.54) is 10.4 Å². The summed E-state index contributed by atoms with van der Waals surface area (Å²) in [6, 6.07) is 0. The Hall–Kier alpha value is -1.38. The van der Waals surface area contributed by atoms with Crippen molar-refractivity contribution in [1.82, 2.24) is 15.4 Å². The van der Waals surface area contributed by atoms with Crippen molar-refractivity contribution in [3.05, 3.63) is 10.4 Å². The Bertz CT molecular complexity index is 849. The lowest BCUT2D eigenvalue weighted by molar-refractivity contribution is -0.121. The molecule has 3 heterocycles. The minimum Gasteiger partial charge on any atom is -0.369 e. The van der Waals surface area contributed by atoms with E-state index in [9.17, 15) is 4.79 Å². The molecule has 0 bridgehead atoms. The zero-order chi connectivity index (χ0) is 18.3. The van der Waals surface area contributed by atoms with Crippen molar-refractivity contribution in [3.63, 3.8) is 0 Å². The van der Waals surface area contributed by atoms with Crippen molar-refractivity contribution in [1.29, 1.82) is 0 Å². The number of fused-ring (bicyclic) bond motifs is 3. The van der Waals surface area contributed by atoms with Crippen LogP contribution in [0.25, 0.3) is 10.2 Å². The highest BCUT2D eigenvalue weighted by atomic mass is 32.2. The van der Waals surface area contributed by atoms with Crippen LogP contribution in [0.5, 0.6) is 0 Å². The van der Waals surface area contributed by atoms with E-state index in [1.807, 2.05) is 0 Å². The van der Waals surface area contributed by atoms with Crippen LogP contribution in [-0.4, -0.2) is 27.2 Å². The number of aromatic nitrogens is 2. The SMILES string of the molecule is CCSc1nc(NNC(=O)C2CC2)c2c3c(sc2n1)COC(C)(CC)C3. The molecule has 0 spiro atoms. The maximum absolute atomic E-state index is 12.1. The molecule has 1 atom stereocenters. The number of carbonyl (C=O) groups excluding carboxylic acids is 1. The normalized spacial score (nSPS) is 22.3. The van der Waals surface area contributed by atoms with E-state index < -0.39 is 0 Å². The number of thioether (sulfide) groups is 1. The van der Waals surface area contributed by atoms with Crippen LogP contribution >= 0.6 is 23.1 Å². The van der Waals surface area contributed by atoms with Gasteiger partial charge in [-0.15, -0.1) is 11.3 Å². The van der Waals surface area contributed by atoms with E-state index >= 15 is 0 Å². The predicted octanol–water partition coefficient (Wildman–Crippen LogP) is 3.90. The Morgan fingerprint density at radius 3 is 2.88 bits per heavy atom. The third kappa shape index (κ3) is 3.42. The number of hydrogen-bond donors (Lipinski definition) is 2. The lowest BCUT2D eigenvalue weighted by atomic mass is 9.90. The largest absolute Gasteiger partial charge is 0.369 e. The molecule has 1 fully saturated rings. The summed E-state index contributed by atoms with van der Waals surface area (Å²) in [6.07, 6.45) is 3.75. The molecule has 1 aliphatic carbocycles. The molecule has 0 radical (unpaired) electrons. The molecule has 1 saturated carbocycles. The van der Waals surface area contributed by atoms with Crippen LogP contribution in [0.4, 0.5) is 5.82 Å².